The van der Waals surface area contributed by atoms with Gasteiger partial charge in [-0.05, 0) is 19.9 Å². The predicted molar refractivity (Wildman–Crippen MR) is 76.4 cm³/mol. The molecule has 0 saturated carbocycles. The Labute approximate surface area is 121 Å². The summed E-state index contributed by atoms with van der Waals surface area (Å²) in [5.74, 6) is 0.119. The van der Waals surface area contributed by atoms with Crippen molar-refractivity contribution < 1.29 is 15.0 Å². The van der Waals surface area contributed by atoms with Crippen LogP contribution in [0.1, 0.15) is 20.3 Å². The van der Waals surface area contributed by atoms with Crippen molar-refractivity contribution in [2.75, 3.05) is 45.9 Å². The Morgan fingerprint density at radius 1 is 1.30 bits per heavy atom. The maximum atomic E-state index is 12.6. The number of aliphatic hydroxyl groups is 2. The van der Waals surface area contributed by atoms with E-state index in [1.807, 2.05) is 16.7 Å². The molecule has 0 radical (unpaired) electrons. The van der Waals surface area contributed by atoms with Crippen LogP contribution in [0.3, 0.4) is 0 Å². The SMILES string of the molecule is CCN1CCN(C(=O)C(C)N2C[C@@H](O)C[C@H]2CO)CC1. The van der Waals surface area contributed by atoms with Gasteiger partial charge in [-0.15, -0.1) is 0 Å². The van der Waals surface area contributed by atoms with Crippen LogP contribution >= 0.6 is 0 Å². The Morgan fingerprint density at radius 3 is 2.50 bits per heavy atom. The molecule has 0 aliphatic carbocycles. The van der Waals surface area contributed by atoms with Crippen LogP contribution in [0, 0.1) is 0 Å². The van der Waals surface area contributed by atoms with Crippen molar-refractivity contribution in [2.24, 2.45) is 0 Å². The van der Waals surface area contributed by atoms with Crippen LogP contribution in [0.25, 0.3) is 0 Å². The van der Waals surface area contributed by atoms with Gasteiger partial charge in [0, 0.05) is 38.8 Å². The number of rotatable bonds is 4. The number of nitrogens with zero attached hydrogens (tertiary/aromatic N) is 3. The normalized spacial score (nSPS) is 30.7. The molecule has 6 heteroatoms. The number of aliphatic hydroxyl groups excluding tert-OH is 2. The molecule has 2 aliphatic rings. The summed E-state index contributed by atoms with van der Waals surface area (Å²) in [6.07, 6.45) is 0.122. The average molecular weight is 285 g/mol. The molecule has 0 aromatic rings. The lowest BCUT2D eigenvalue weighted by Crippen LogP contribution is -2.55. The Balaban J connectivity index is 1.92. The Kier molecular flexibility index (Phi) is 5.37. The molecule has 6 nitrogen and oxygen atoms in total. The highest BCUT2D eigenvalue weighted by atomic mass is 16.3. The first-order valence-corrected chi connectivity index (χ1v) is 7.62. The lowest BCUT2D eigenvalue weighted by Gasteiger charge is -2.38. The molecule has 20 heavy (non-hydrogen) atoms. The number of carbonyl (C=O) groups is 1. The summed E-state index contributed by atoms with van der Waals surface area (Å²) in [5, 5.41) is 19.1. The van der Waals surface area contributed by atoms with Crippen LogP contribution in [0.15, 0.2) is 0 Å². The fourth-order valence-electron chi connectivity index (χ4n) is 3.26. The fourth-order valence-corrected chi connectivity index (χ4v) is 3.26. The zero-order valence-corrected chi connectivity index (χ0v) is 12.5. The first kappa shape index (κ1) is 15.7. The van der Waals surface area contributed by atoms with Crippen molar-refractivity contribution in [1.29, 1.82) is 0 Å². The van der Waals surface area contributed by atoms with E-state index in [1.165, 1.54) is 0 Å². The van der Waals surface area contributed by atoms with E-state index >= 15 is 0 Å². The minimum Gasteiger partial charge on any atom is -0.395 e. The Bertz CT molecular complexity index is 332. The van der Waals surface area contributed by atoms with Gasteiger partial charge in [0.1, 0.15) is 0 Å². The van der Waals surface area contributed by atoms with Gasteiger partial charge < -0.3 is 20.0 Å². The third-order valence-corrected chi connectivity index (χ3v) is 4.63. The molecular formula is C14H27N3O3. The molecule has 0 bridgehead atoms. The second-order valence-electron chi connectivity index (χ2n) is 5.86. The van der Waals surface area contributed by atoms with Gasteiger partial charge in [-0.25, -0.2) is 0 Å². The number of likely N-dealkylation sites (N-methyl/N-ethyl adjacent to an activating group) is 1. The topological polar surface area (TPSA) is 67.2 Å². The minimum atomic E-state index is -0.431. The van der Waals surface area contributed by atoms with Gasteiger partial charge in [-0.1, -0.05) is 6.92 Å². The number of hydrogen-bond acceptors (Lipinski definition) is 5. The molecule has 1 unspecified atom stereocenters. The van der Waals surface area contributed by atoms with Crippen molar-refractivity contribution in [1.82, 2.24) is 14.7 Å². The van der Waals surface area contributed by atoms with Gasteiger partial charge in [0.05, 0.1) is 18.8 Å². The third kappa shape index (κ3) is 3.31. The van der Waals surface area contributed by atoms with E-state index in [2.05, 4.69) is 11.8 Å². The van der Waals surface area contributed by atoms with Gasteiger partial charge in [0.15, 0.2) is 0 Å². The van der Waals surface area contributed by atoms with Crippen LogP contribution in [0.5, 0.6) is 0 Å². The fraction of sp³-hybridized carbons (Fsp3) is 0.929. The standard InChI is InChI=1S/C14H27N3O3/c1-3-15-4-6-16(7-5-15)14(20)11(2)17-9-13(19)8-12(17)10-18/h11-13,18-19H,3-10H2,1-2H3/t11?,12-,13-/m0/s1. The summed E-state index contributed by atoms with van der Waals surface area (Å²) >= 11 is 0. The van der Waals surface area contributed by atoms with Crippen molar-refractivity contribution in [3.63, 3.8) is 0 Å². The summed E-state index contributed by atoms with van der Waals surface area (Å²) in [7, 11) is 0. The summed E-state index contributed by atoms with van der Waals surface area (Å²) in [6.45, 7) is 8.94. The number of hydrogen-bond donors (Lipinski definition) is 2. The zero-order chi connectivity index (χ0) is 14.7. The summed E-state index contributed by atoms with van der Waals surface area (Å²) in [6, 6.07) is -0.363. The van der Waals surface area contributed by atoms with Gasteiger partial charge in [-0.3, -0.25) is 9.69 Å². The van der Waals surface area contributed by atoms with E-state index < -0.39 is 6.10 Å². The number of likely N-dealkylation sites (tertiary alicyclic amines) is 1. The highest BCUT2D eigenvalue weighted by Crippen LogP contribution is 2.21. The van der Waals surface area contributed by atoms with Crippen molar-refractivity contribution in [3.05, 3.63) is 0 Å². The Hall–Kier alpha value is -0.690. The van der Waals surface area contributed by atoms with Crippen LogP contribution in [-0.4, -0.2) is 94.9 Å². The van der Waals surface area contributed by atoms with Crippen LogP contribution < -0.4 is 0 Å². The molecule has 2 fully saturated rings. The lowest BCUT2D eigenvalue weighted by atomic mass is 10.1. The van der Waals surface area contributed by atoms with Crippen LogP contribution in [-0.2, 0) is 4.79 Å². The lowest BCUT2D eigenvalue weighted by molar-refractivity contribution is -0.138. The van der Waals surface area contributed by atoms with E-state index in [1.54, 1.807) is 0 Å². The van der Waals surface area contributed by atoms with E-state index in [-0.39, 0.29) is 24.6 Å². The van der Waals surface area contributed by atoms with Crippen molar-refractivity contribution >= 4 is 5.91 Å². The molecule has 0 aromatic carbocycles. The second-order valence-corrected chi connectivity index (χ2v) is 5.86. The summed E-state index contributed by atoms with van der Waals surface area (Å²) in [4.78, 5) is 18.7. The zero-order valence-electron chi connectivity index (χ0n) is 12.5. The minimum absolute atomic E-state index is 0.00169. The quantitative estimate of drug-likeness (QED) is 0.691. The highest BCUT2D eigenvalue weighted by molar-refractivity contribution is 5.81. The molecule has 2 saturated heterocycles. The monoisotopic (exact) mass is 285 g/mol. The highest BCUT2D eigenvalue weighted by Gasteiger charge is 2.37. The van der Waals surface area contributed by atoms with Crippen molar-refractivity contribution in [2.45, 2.75) is 38.5 Å². The van der Waals surface area contributed by atoms with Gasteiger partial charge in [0.25, 0.3) is 0 Å². The molecule has 2 heterocycles. The van der Waals surface area contributed by atoms with E-state index in [4.69, 9.17) is 0 Å². The largest absolute Gasteiger partial charge is 0.395 e. The van der Waals surface area contributed by atoms with Crippen molar-refractivity contribution in [3.8, 4) is 0 Å². The van der Waals surface area contributed by atoms with Crippen LogP contribution in [0.2, 0.25) is 0 Å². The molecule has 3 atom stereocenters. The molecule has 2 rings (SSSR count). The maximum Gasteiger partial charge on any atom is 0.239 e. The Morgan fingerprint density at radius 2 is 1.95 bits per heavy atom. The summed E-state index contributed by atoms with van der Waals surface area (Å²) < 4.78 is 0. The van der Waals surface area contributed by atoms with Gasteiger partial charge in [-0.2, -0.15) is 0 Å². The first-order valence-electron chi connectivity index (χ1n) is 7.62. The second kappa shape index (κ2) is 6.85. The van der Waals surface area contributed by atoms with E-state index in [0.717, 1.165) is 32.7 Å². The average Bonchev–Trinajstić information content (AvgIpc) is 2.87. The molecule has 116 valence electrons. The van der Waals surface area contributed by atoms with Gasteiger partial charge in [0.2, 0.25) is 5.91 Å². The predicted octanol–water partition coefficient (Wildman–Crippen LogP) is -1.03. The smallest absolute Gasteiger partial charge is 0.239 e. The summed E-state index contributed by atoms with van der Waals surface area (Å²) in [5.41, 5.74) is 0. The van der Waals surface area contributed by atoms with E-state index in [9.17, 15) is 15.0 Å². The molecule has 1 amide bonds. The van der Waals surface area contributed by atoms with Gasteiger partial charge >= 0.3 is 0 Å². The molecular weight excluding hydrogens is 258 g/mol. The molecule has 2 aliphatic heterocycles. The number of β-amino-alcohol motifs (C(OH)–C–C–N with tert-alkyl or cyclic N) is 1. The number of piperazine rings is 1. The molecule has 0 aromatic heterocycles. The third-order valence-electron chi connectivity index (χ3n) is 4.63. The number of amides is 1. The van der Waals surface area contributed by atoms with Crippen LogP contribution in [0.4, 0.5) is 0 Å². The number of carbonyl (C=O) groups excluding carboxylic acids is 1. The molecule has 0 spiro atoms. The van der Waals surface area contributed by atoms with E-state index in [0.29, 0.717) is 13.0 Å². The first-order chi connectivity index (χ1) is 9.56. The molecule has 2 N–H and O–H groups in total. The maximum absolute atomic E-state index is 12.6.